The van der Waals surface area contributed by atoms with E-state index >= 15 is 0 Å². The number of H-pyrrole nitrogens is 1. The van der Waals surface area contributed by atoms with Crippen LogP contribution in [0, 0.1) is 0 Å². The van der Waals surface area contributed by atoms with Crippen molar-refractivity contribution in [3.05, 3.63) is 30.1 Å². The van der Waals surface area contributed by atoms with Gasteiger partial charge in [-0.05, 0) is 25.0 Å². The zero-order chi connectivity index (χ0) is 16.1. The van der Waals surface area contributed by atoms with Crippen molar-refractivity contribution >= 4 is 28.8 Å². The Hall–Kier alpha value is -1.69. The molecule has 2 N–H and O–H groups in total. The van der Waals surface area contributed by atoms with Crippen LogP contribution in [0.2, 0.25) is 0 Å². The molecule has 1 aliphatic heterocycles. The molecule has 1 atom stereocenters. The lowest BCUT2D eigenvalue weighted by molar-refractivity contribution is 0.199. The summed E-state index contributed by atoms with van der Waals surface area (Å²) in [5.74, 6) is 2.03. The number of urea groups is 1. The summed E-state index contributed by atoms with van der Waals surface area (Å²) in [5.41, 5.74) is 2.07. The van der Waals surface area contributed by atoms with E-state index in [2.05, 4.69) is 22.2 Å². The molecule has 0 bridgehead atoms. The largest absolute Gasteiger partial charge is 0.342 e. The number of amides is 2. The maximum Gasteiger partial charge on any atom is 0.317 e. The fraction of sp³-hybridized carbons (Fsp3) is 0.529. The highest BCUT2D eigenvalue weighted by Crippen LogP contribution is 2.20. The van der Waals surface area contributed by atoms with Crippen molar-refractivity contribution in [1.82, 2.24) is 20.2 Å². The van der Waals surface area contributed by atoms with Gasteiger partial charge in [0.05, 0.1) is 11.0 Å². The Morgan fingerprint density at radius 2 is 2.35 bits per heavy atom. The monoisotopic (exact) mass is 332 g/mol. The number of imidazole rings is 1. The van der Waals surface area contributed by atoms with Gasteiger partial charge in [0.2, 0.25) is 0 Å². The molecule has 1 aliphatic rings. The Kier molecular flexibility index (Phi) is 5.43. The third-order valence-electron chi connectivity index (χ3n) is 4.19. The average Bonchev–Trinajstić information content (AvgIpc) is 3.01. The van der Waals surface area contributed by atoms with Gasteiger partial charge in [0.25, 0.3) is 0 Å². The number of nitrogens with zero attached hydrogens (tertiary/aromatic N) is 2. The lowest BCUT2D eigenvalue weighted by Gasteiger charge is -2.31. The molecule has 0 radical (unpaired) electrons. The highest BCUT2D eigenvalue weighted by Gasteiger charge is 2.22. The third kappa shape index (κ3) is 4.19. The van der Waals surface area contributed by atoms with Gasteiger partial charge in [-0.2, -0.15) is 11.8 Å². The molecule has 2 heterocycles. The number of aromatic nitrogens is 2. The number of fused-ring (bicyclic) bond motifs is 1. The number of hydrogen-bond donors (Lipinski definition) is 2. The number of nitrogens with one attached hydrogen (secondary N) is 2. The number of para-hydroxylation sites is 2. The predicted octanol–water partition coefficient (Wildman–Crippen LogP) is 3.03. The lowest BCUT2D eigenvalue weighted by atomic mass is 10.3. The number of carbonyl (C=O) groups is 1. The second kappa shape index (κ2) is 7.73. The smallest absolute Gasteiger partial charge is 0.317 e. The van der Waals surface area contributed by atoms with Gasteiger partial charge < -0.3 is 15.2 Å². The number of rotatable bonds is 5. The molecule has 1 saturated heterocycles. The molecule has 6 heteroatoms. The number of hydrogen-bond acceptors (Lipinski definition) is 3. The van der Waals surface area contributed by atoms with Gasteiger partial charge in [-0.25, -0.2) is 9.78 Å². The number of thioether (sulfide) groups is 1. The van der Waals surface area contributed by atoms with Gasteiger partial charge in [-0.15, -0.1) is 0 Å². The Morgan fingerprint density at radius 3 is 3.17 bits per heavy atom. The molecule has 0 spiro atoms. The van der Waals surface area contributed by atoms with Crippen LogP contribution in [-0.4, -0.2) is 51.5 Å². The van der Waals surface area contributed by atoms with Crippen molar-refractivity contribution < 1.29 is 4.79 Å². The van der Waals surface area contributed by atoms with Crippen LogP contribution in [0.5, 0.6) is 0 Å². The summed E-state index contributed by atoms with van der Waals surface area (Å²) in [6, 6.07) is 8.12. The van der Waals surface area contributed by atoms with Crippen molar-refractivity contribution in [1.29, 1.82) is 0 Å². The minimum atomic E-state index is 0.0772. The molecule has 3 rings (SSSR count). The zero-order valence-electron chi connectivity index (χ0n) is 13.5. The van der Waals surface area contributed by atoms with E-state index in [1.807, 2.05) is 40.9 Å². The first-order chi connectivity index (χ1) is 11.3. The quantitative estimate of drug-likeness (QED) is 0.827. The highest BCUT2D eigenvalue weighted by molar-refractivity contribution is 8.00. The summed E-state index contributed by atoms with van der Waals surface area (Å²) in [6.45, 7) is 4.61. The first-order valence-electron chi connectivity index (χ1n) is 8.34. The molecule has 23 heavy (non-hydrogen) atoms. The molecule has 5 nitrogen and oxygen atoms in total. The average molecular weight is 332 g/mol. The summed E-state index contributed by atoms with van der Waals surface area (Å²) in [6.07, 6.45) is 2.87. The maximum absolute atomic E-state index is 12.2. The van der Waals surface area contributed by atoms with Gasteiger partial charge in [0.15, 0.2) is 0 Å². The highest BCUT2D eigenvalue weighted by atomic mass is 32.2. The van der Waals surface area contributed by atoms with E-state index in [0.717, 1.165) is 55.0 Å². The summed E-state index contributed by atoms with van der Waals surface area (Å²) in [4.78, 5) is 22.0. The molecule has 0 aliphatic carbocycles. The van der Waals surface area contributed by atoms with E-state index in [-0.39, 0.29) is 6.03 Å². The SMILES string of the molecule is CC[C@H]1CN(C(=O)NCCCc2nc3ccccc3[nH]2)CCS1. The van der Waals surface area contributed by atoms with Crippen LogP contribution in [0.1, 0.15) is 25.6 Å². The van der Waals surface area contributed by atoms with Crippen molar-refractivity contribution in [2.45, 2.75) is 31.4 Å². The Labute approximate surface area is 141 Å². The minimum absolute atomic E-state index is 0.0772. The summed E-state index contributed by atoms with van der Waals surface area (Å²) in [7, 11) is 0. The van der Waals surface area contributed by atoms with Crippen LogP contribution < -0.4 is 5.32 Å². The first kappa shape index (κ1) is 16.2. The molecular weight excluding hydrogens is 308 g/mol. The van der Waals surface area contributed by atoms with Crippen LogP contribution in [0.25, 0.3) is 11.0 Å². The fourth-order valence-corrected chi connectivity index (χ4v) is 4.02. The minimum Gasteiger partial charge on any atom is -0.342 e. The second-order valence-electron chi connectivity index (χ2n) is 5.88. The number of benzene rings is 1. The maximum atomic E-state index is 12.2. The van der Waals surface area contributed by atoms with Gasteiger partial charge in [-0.3, -0.25) is 0 Å². The van der Waals surface area contributed by atoms with Gasteiger partial charge in [0.1, 0.15) is 5.82 Å². The molecule has 0 unspecified atom stereocenters. The van der Waals surface area contributed by atoms with Gasteiger partial charge >= 0.3 is 6.03 Å². The van der Waals surface area contributed by atoms with E-state index in [1.54, 1.807) is 0 Å². The summed E-state index contributed by atoms with van der Waals surface area (Å²) in [5, 5.41) is 3.63. The molecule has 1 aromatic heterocycles. The van der Waals surface area contributed by atoms with Crippen LogP contribution >= 0.6 is 11.8 Å². The van der Waals surface area contributed by atoms with E-state index in [1.165, 1.54) is 0 Å². The Morgan fingerprint density at radius 1 is 1.48 bits per heavy atom. The fourth-order valence-electron chi connectivity index (χ4n) is 2.84. The third-order valence-corrected chi connectivity index (χ3v) is 5.56. The number of aromatic amines is 1. The topological polar surface area (TPSA) is 61.0 Å². The second-order valence-corrected chi connectivity index (χ2v) is 7.29. The van der Waals surface area contributed by atoms with Crippen molar-refractivity contribution in [3.63, 3.8) is 0 Å². The number of aryl methyl sites for hydroxylation is 1. The molecule has 124 valence electrons. The molecule has 1 fully saturated rings. The molecule has 2 amide bonds. The van der Waals surface area contributed by atoms with Crippen molar-refractivity contribution in [2.75, 3.05) is 25.4 Å². The van der Waals surface area contributed by atoms with E-state index < -0.39 is 0 Å². The number of carbonyl (C=O) groups excluding carboxylic acids is 1. The first-order valence-corrected chi connectivity index (χ1v) is 9.39. The van der Waals surface area contributed by atoms with E-state index in [0.29, 0.717) is 11.8 Å². The molecular formula is C17H24N4OS. The lowest BCUT2D eigenvalue weighted by Crippen LogP contribution is -2.47. The van der Waals surface area contributed by atoms with Crippen molar-refractivity contribution in [3.8, 4) is 0 Å². The van der Waals surface area contributed by atoms with Gasteiger partial charge in [0, 0.05) is 37.1 Å². The van der Waals surface area contributed by atoms with Crippen molar-refractivity contribution in [2.24, 2.45) is 0 Å². The van der Waals surface area contributed by atoms with Crippen LogP contribution in [0.4, 0.5) is 4.79 Å². The van der Waals surface area contributed by atoms with Gasteiger partial charge in [-0.1, -0.05) is 19.1 Å². The molecule has 2 aromatic rings. The molecule has 0 saturated carbocycles. The Balaban J connectivity index is 1.41. The molecule has 1 aromatic carbocycles. The van der Waals surface area contributed by atoms with Crippen LogP contribution in [0.3, 0.4) is 0 Å². The zero-order valence-corrected chi connectivity index (χ0v) is 14.4. The summed E-state index contributed by atoms with van der Waals surface area (Å²) >= 11 is 1.98. The van der Waals surface area contributed by atoms with Crippen LogP contribution in [0.15, 0.2) is 24.3 Å². The summed E-state index contributed by atoms with van der Waals surface area (Å²) < 4.78 is 0. The Bertz CT molecular complexity index is 624. The predicted molar refractivity (Wildman–Crippen MR) is 95.9 cm³/mol. The van der Waals surface area contributed by atoms with E-state index in [4.69, 9.17) is 0 Å². The van der Waals surface area contributed by atoms with Crippen LogP contribution in [-0.2, 0) is 6.42 Å². The normalized spacial score (nSPS) is 18.3. The van der Waals surface area contributed by atoms with E-state index in [9.17, 15) is 4.79 Å². The standard InChI is InChI=1S/C17H24N4OS/c1-2-13-12-21(10-11-23-13)17(22)18-9-5-8-16-19-14-6-3-4-7-15(14)20-16/h3-4,6-7,13H,2,5,8-12H2,1H3,(H,18,22)(H,19,20)/t13-/m0/s1.